The number of hydrogen-bond donors (Lipinski definition) is 0. The molecule has 5 heteroatoms. The summed E-state index contributed by atoms with van der Waals surface area (Å²) in [6.07, 6.45) is 4.76. The van der Waals surface area contributed by atoms with Gasteiger partial charge in [0.25, 0.3) is 0 Å². The van der Waals surface area contributed by atoms with Crippen molar-refractivity contribution in [2.45, 2.75) is 18.5 Å². The first kappa shape index (κ1) is 13.8. The van der Waals surface area contributed by atoms with E-state index < -0.39 is 5.67 Å². The first-order chi connectivity index (χ1) is 9.57. The predicted octanol–water partition coefficient (Wildman–Crippen LogP) is 3.53. The smallest absolute Gasteiger partial charge is 0.138 e. The van der Waals surface area contributed by atoms with Crippen LogP contribution in [0.1, 0.15) is 18.4 Å². The van der Waals surface area contributed by atoms with Crippen molar-refractivity contribution in [3.8, 4) is 5.69 Å². The lowest BCUT2D eigenvalue weighted by molar-refractivity contribution is 0.0674. The van der Waals surface area contributed by atoms with Gasteiger partial charge in [-0.05, 0) is 53.5 Å². The van der Waals surface area contributed by atoms with Crippen LogP contribution in [0.2, 0.25) is 0 Å². The molecule has 1 aliphatic rings. The van der Waals surface area contributed by atoms with Crippen molar-refractivity contribution in [3.63, 3.8) is 0 Å². The van der Waals surface area contributed by atoms with Gasteiger partial charge in [-0.25, -0.2) is 9.37 Å². The van der Waals surface area contributed by atoms with E-state index in [1.165, 1.54) is 0 Å². The van der Waals surface area contributed by atoms with Crippen molar-refractivity contribution >= 4 is 15.9 Å². The van der Waals surface area contributed by atoms with Crippen LogP contribution >= 0.6 is 15.9 Å². The maximum atomic E-state index is 15.0. The highest BCUT2D eigenvalue weighted by atomic mass is 79.9. The molecule has 0 atom stereocenters. The van der Waals surface area contributed by atoms with E-state index in [1.807, 2.05) is 42.1 Å². The van der Waals surface area contributed by atoms with Crippen molar-refractivity contribution in [3.05, 3.63) is 47.0 Å². The number of halogens is 2. The molecular weight excluding hydrogens is 321 g/mol. The zero-order valence-electron chi connectivity index (χ0n) is 11.4. The van der Waals surface area contributed by atoms with Gasteiger partial charge in [0, 0.05) is 25.0 Å². The van der Waals surface area contributed by atoms with E-state index in [4.69, 9.17) is 0 Å². The van der Waals surface area contributed by atoms with E-state index in [0.29, 0.717) is 12.8 Å². The minimum atomic E-state index is -1.18. The van der Waals surface area contributed by atoms with E-state index in [-0.39, 0.29) is 0 Å². The Bertz CT molecular complexity index is 585. The minimum absolute atomic E-state index is 0.569. The van der Waals surface area contributed by atoms with Crippen LogP contribution in [0.15, 0.2) is 41.4 Å². The number of rotatable bonds is 2. The molecule has 2 aromatic rings. The van der Waals surface area contributed by atoms with E-state index in [9.17, 15) is 4.39 Å². The summed E-state index contributed by atoms with van der Waals surface area (Å²) < 4.78 is 17.7. The number of hydrogen-bond acceptors (Lipinski definition) is 2. The molecule has 0 amide bonds. The number of likely N-dealkylation sites (tertiary alicyclic amines) is 1. The lowest BCUT2D eigenvalue weighted by Crippen LogP contribution is -2.37. The van der Waals surface area contributed by atoms with Crippen LogP contribution in [-0.2, 0) is 5.67 Å². The molecule has 3 nitrogen and oxygen atoms in total. The quantitative estimate of drug-likeness (QED) is 0.835. The van der Waals surface area contributed by atoms with Crippen LogP contribution in [0.25, 0.3) is 5.69 Å². The van der Waals surface area contributed by atoms with Crippen molar-refractivity contribution in [1.82, 2.24) is 14.5 Å². The average molecular weight is 338 g/mol. The molecule has 0 bridgehead atoms. The van der Waals surface area contributed by atoms with Crippen molar-refractivity contribution < 1.29 is 4.39 Å². The van der Waals surface area contributed by atoms with E-state index in [1.54, 1.807) is 6.33 Å². The van der Waals surface area contributed by atoms with Gasteiger partial charge in [0.2, 0.25) is 0 Å². The fourth-order valence-corrected chi connectivity index (χ4v) is 2.95. The summed E-state index contributed by atoms with van der Waals surface area (Å²) in [5.41, 5.74) is 0.595. The Balaban J connectivity index is 1.82. The summed E-state index contributed by atoms with van der Waals surface area (Å²) in [5.74, 6) is 0. The number of alkyl halides is 1. The summed E-state index contributed by atoms with van der Waals surface area (Å²) in [4.78, 5) is 6.30. The fraction of sp³-hybridized carbons (Fsp3) is 0.400. The average Bonchev–Trinajstić information content (AvgIpc) is 2.89. The zero-order valence-corrected chi connectivity index (χ0v) is 13.0. The zero-order chi connectivity index (χ0) is 14.2. The molecule has 0 saturated carbocycles. The Hall–Kier alpha value is -1.20. The highest BCUT2D eigenvalue weighted by Crippen LogP contribution is 2.36. The van der Waals surface area contributed by atoms with Gasteiger partial charge in [-0.15, -0.1) is 0 Å². The van der Waals surface area contributed by atoms with Gasteiger partial charge in [0.1, 0.15) is 16.6 Å². The van der Waals surface area contributed by atoms with E-state index >= 15 is 0 Å². The largest absolute Gasteiger partial charge is 0.306 e. The molecular formula is C15H17BrFN3. The molecule has 3 rings (SSSR count). The lowest BCUT2D eigenvalue weighted by Gasteiger charge is -2.34. The molecule has 0 aliphatic carbocycles. The molecule has 20 heavy (non-hydrogen) atoms. The van der Waals surface area contributed by atoms with Crippen molar-refractivity contribution in [2.24, 2.45) is 0 Å². The number of imidazole rings is 1. The normalized spacial score (nSPS) is 19.1. The summed E-state index contributed by atoms with van der Waals surface area (Å²) in [6, 6.07) is 7.69. The van der Waals surface area contributed by atoms with Crippen LogP contribution in [0, 0.1) is 0 Å². The molecule has 1 fully saturated rings. The Morgan fingerprint density at radius 2 is 1.85 bits per heavy atom. The van der Waals surface area contributed by atoms with Crippen molar-refractivity contribution in [1.29, 1.82) is 0 Å². The van der Waals surface area contributed by atoms with Gasteiger partial charge >= 0.3 is 0 Å². The molecule has 106 valence electrons. The topological polar surface area (TPSA) is 21.1 Å². The molecule has 0 unspecified atom stereocenters. The van der Waals surface area contributed by atoms with Crippen molar-refractivity contribution in [2.75, 3.05) is 20.1 Å². The SMILES string of the molecule is CN1CCC(F)(c2ccc(-n3cnc(Br)c3)cc2)CC1. The van der Waals surface area contributed by atoms with Gasteiger partial charge in [0.05, 0.1) is 0 Å². The second-order valence-corrected chi connectivity index (χ2v) is 6.23. The van der Waals surface area contributed by atoms with Gasteiger partial charge < -0.3 is 9.47 Å². The number of aromatic nitrogens is 2. The maximum absolute atomic E-state index is 15.0. The van der Waals surface area contributed by atoms with Crippen LogP contribution in [0.3, 0.4) is 0 Å². The fourth-order valence-electron chi connectivity index (χ4n) is 2.63. The lowest BCUT2D eigenvalue weighted by atomic mass is 9.86. The van der Waals surface area contributed by atoms with E-state index in [2.05, 4.69) is 25.8 Å². The third kappa shape index (κ3) is 2.65. The molecule has 0 spiro atoms. The van der Waals surface area contributed by atoms with Crippen LogP contribution < -0.4 is 0 Å². The molecule has 1 aromatic carbocycles. The first-order valence-electron chi connectivity index (χ1n) is 6.75. The second kappa shape index (κ2) is 5.30. The Morgan fingerprint density at radius 3 is 2.40 bits per heavy atom. The Kier molecular flexibility index (Phi) is 3.65. The standard InChI is InChI=1S/C15H17BrFN3/c1-19-8-6-15(17,7-9-19)12-2-4-13(5-3-12)20-10-14(16)18-11-20/h2-5,10-11H,6-9H2,1H3. The van der Waals surface area contributed by atoms with Crippen LogP contribution in [0.4, 0.5) is 4.39 Å². The molecule has 2 heterocycles. The summed E-state index contributed by atoms with van der Waals surface area (Å²) in [5, 5.41) is 0. The Labute approximate surface area is 126 Å². The second-order valence-electron chi connectivity index (χ2n) is 5.42. The van der Waals surface area contributed by atoms with Crippen LogP contribution in [0.5, 0.6) is 0 Å². The summed E-state index contributed by atoms with van der Waals surface area (Å²) >= 11 is 3.32. The third-order valence-corrected chi connectivity index (χ3v) is 4.42. The highest BCUT2D eigenvalue weighted by molar-refractivity contribution is 9.10. The maximum Gasteiger partial charge on any atom is 0.138 e. The third-order valence-electron chi connectivity index (χ3n) is 4.01. The monoisotopic (exact) mass is 337 g/mol. The van der Waals surface area contributed by atoms with Gasteiger partial charge in [0.15, 0.2) is 0 Å². The van der Waals surface area contributed by atoms with E-state index in [0.717, 1.165) is 28.9 Å². The van der Waals surface area contributed by atoms with Crippen LogP contribution in [-0.4, -0.2) is 34.6 Å². The highest BCUT2D eigenvalue weighted by Gasteiger charge is 2.35. The number of piperidine rings is 1. The Morgan fingerprint density at radius 1 is 1.20 bits per heavy atom. The molecule has 0 radical (unpaired) electrons. The van der Waals surface area contributed by atoms with Gasteiger partial charge in [-0.2, -0.15) is 0 Å². The molecule has 0 N–H and O–H groups in total. The molecule has 1 aromatic heterocycles. The minimum Gasteiger partial charge on any atom is -0.306 e. The van der Waals surface area contributed by atoms with Gasteiger partial charge in [-0.3, -0.25) is 0 Å². The molecule has 1 aliphatic heterocycles. The first-order valence-corrected chi connectivity index (χ1v) is 7.54. The molecule has 1 saturated heterocycles. The number of nitrogens with zero attached hydrogens (tertiary/aromatic N) is 3. The van der Waals surface area contributed by atoms with Gasteiger partial charge in [-0.1, -0.05) is 12.1 Å². The number of benzene rings is 1. The predicted molar refractivity (Wildman–Crippen MR) is 80.8 cm³/mol. The summed E-state index contributed by atoms with van der Waals surface area (Å²) in [6.45, 7) is 1.62. The summed E-state index contributed by atoms with van der Waals surface area (Å²) in [7, 11) is 2.04.